The molecule has 0 N–H and O–H groups in total. The van der Waals surface area contributed by atoms with Crippen LogP contribution in [-0.4, -0.2) is 11.0 Å². The summed E-state index contributed by atoms with van der Waals surface area (Å²) < 4.78 is 6.46. The molecule has 4 heteroatoms. The van der Waals surface area contributed by atoms with Gasteiger partial charge < -0.3 is 4.74 Å². The summed E-state index contributed by atoms with van der Waals surface area (Å²) in [4.78, 5) is 16.5. The van der Waals surface area contributed by atoms with Crippen LogP contribution in [0.3, 0.4) is 0 Å². The van der Waals surface area contributed by atoms with E-state index in [1.807, 2.05) is 54.6 Å². The highest BCUT2D eigenvalue weighted by Gasteiger charge is 2.10. The summed E-state index contributed by atoms with van der Waals surface area (Å²) in [5.41, 5.74) is 3.19. The van der Waals surface area contributed by atoms with Gasteiger partial charge in [-0.3, -0.25) is 0 Å². The zero-order valence-electron chi connectivity index (χ0n) is 11.5. The molecule has 4 aromatic rings. The van der Waals surface area contributed by atoms with Crippen LogP contribution in [0, 0.1) is 0 Å². The lowest BCUT2D eigenvalue weighted by atomic mass is 10.1. The number of thiazole rings is 1. The van der Waals surface area contributed by atoms with Crippen molar-refractivity contribution in [3.63, 3.8) is 0 Å². The Morgan fingerprint density at radius 3 is 2.73 bits per heavy atom. The number of fused-ring (bicyclic) bond motifs is 2. The Morgan fingerprint density at radius 1 is 0.955 bits per heavy atom. The van der Waals surface area contributed by atoms with Gasteiger partial charge in [0.2, 0.25) is 0 Å². The normalized spacial score (nSPS) is 10.9. The Kier molecular flexibility index (Phi) is 3.09. The zero-order chi connectivity index (χ0) is 14.9. The van der Waals surface area contributed by atoms with Crippen molar-refractivity contribution in [1.82, 2.24) is 4.98 Å². The van der Waals surface area contributed by atoms with Gasteiger partial charge in [0.25, 0.3) is 0 Å². The fourth-order valence-electron chi connectivity index (χ4n) is 2.38. The summed E-state index contributed by atoms with van der Waals surface area (Å²) in [5.74, 6) is 0.193. The van der Waals surface area contributed by atoms with Crippen LogP contribution in [0.25, 0.3) is 21.0 Å². The lowest BCUT2D eigenvalue weighted by Gasteiger charge is -2.06. The Labute approximate surface area is 130 Å². The van der Waals surface area contributed by atoms with Gasteiger partial charge in [-0.15, -0.1) is 11.3 Å². The van der Waals surface area contributed by atoms with E-state index in [0.717, 1.165) is 21.0 Å². The second-order valence-corrected chi connectivity index (χ2v) is 5.82. The van der Waals surface area contributed by atoms with Crippen LogP contribution in [0.1, 0.15) is 10.4 Å². The SMILES string of the molecule is O=C(Oc1ccc2ccccc2c1)c1ccc2ncsc2c1. The number of esters is 1. The lowest BCUT2D eigenvalue weighted by Crippen LogP contribution is -2.08. The summed E-state index contributed by atoms with van der Waals surface area (Å²) in [6, 6.07) is 19.0. The highest BCUT2D eigenvalue weighted by atomic mass is 32.1. The number of carbonyl (C=O) groups excluding carboxylic acids is 1. The number of carbonyl (C=O) groups is 1. The minimum absolute atomic E-state index is 0.356. The van der Waals surface area contributed by atoms with E-state index in [9.17, 15) is 4.79 Å². The number of aromatic nitrogens is 1. The zero-order valence-corrected chi connectivity index (χ0v) is 12.3. The smallest absolute Gasteiger partial charge is 0.343 e. The molecule has 1 aromatic heterocycles. The molecule has 0 spiro atoms. The van der Waals surface area contributed by atoms with E-state index in [1.54, 1.807) is 11.6 Å². The number of hydrogen-bond donors (Lipinski definition) is 0. The predicted molar refractivity (Wildman–Crippen MR) is 88.5 cm³/mol. The van der Waals surface area contributed by atoms with Crippen LogP contribution in [0.5, 0.6) is 5.75 Å². The maximum absolute atomic E-state index is 12.3. The first kappa shape index (κ1) is 13.0. The number of hydrogen-bond acceptors (Lipinski definition) is 4. The summed E-state index contributed by atoms with van der Waals surface area (Å²) >= 11 is 1.51. The molecule has 0 radical (unpaired) electrons. The molecule has 0 amide bonds. The minimum atomic E-state index is -0.356. The molecule has 0 aliphatic carbocycles. The average molecular weight is 305 g/mol. The van der Waals surface area contributed by atoms with Crippen LogP contribution < -0.4 is 4.74 Å². The van der Waals surface area contributed by atoms with Crippen molar-refractivity contribution < 1.29 is 9.53 Å². The largest absolute Gasteiger partial charge is 0.423 e. The van der Waals surface area contributed by atoms with Crippen molar-refractivity contribution in [3.05, 3.63) is 71.7 Å². The summed E-state index contributed by atoms with van der Waals surface area (Å²) in [7, 11) is 0. The molecular weight excluding hydrogens is 294 g/mol. The van der Waals surface area contributed by atoms with E-state index in [1.165, 1.54) is 11.3 Å². The maximum atomic E-state index is 12.3. The first-order chi connectivity index (χ1) is 10.8. The first-order valence-electron chi connectivity index (χ1n) is 6.84. The van der Waals surface area contributed by atoms with Crippen molar-refractivity contribution in [1.29, 1.82) is 0 Å². The van der Waals surface area contributed by atoms with Crippen LogP contribution in [0.4, 0.5) is 0 Å². The standard InChI is InChI=1S/C18H11NO2S/c20-18(14-6-8-16-17(10-14)22-11-19-16)21-15-7-5-12-3-1-2-4-13(12)9-15/h1-11H. The van der Waals surface area contributed by atoms with Gasteiger partial charge in [-0.05, 0) is 41.1 Å². The third kappa shape index (κ3) is 2.34. The summed E-state index contributed by atoms with van der Waals surface area (Å²) in [5, 5.41) is 2.17. The second-order valence-electron chi connectivity index (χ2n) is 4.93. The number of benzene rings is 3. The molecule has 0 saturated carbocycles. The Morgan fingerprint density at radius 2 is 1.82 bits per heavy atom. The van der Waals surface area contributed by atoms with Crippen molar-refractivity contribution in [2.45, 2.75) is 0 Å². The highest BCUT2D eigenvalue weighted by Crippen LogP contribution is 2.23. The number of ether oxygens (including phenoxy) is 1. The molecule has 0 unspecified atom stereocenters. The van der Waals surface area contributed by atoms with E-state index < -0.39 is 0 Å². The van der Waals surface area contributed by atoms with Crippen molar-refractivity contribution in [3.8, 4) is 5.75 Å². The molecule has 0 atom stereocenters. The molecule has 0 aliphatic rings. The quantitative estimate of drug-likeness (QED) is 0.399. The van der Waals surface area contributed by atoms with E-state index in [4.69, 9.17) is 4.74 Å². The van der Waals surface area contributed by atoms with Crippen LogP contribution in [0.15, 0.2) is 66.2 Å². The van der Waals surface area contributed by atoms with Crippen LogP contribution in [0.2, 0.25) is 0 Å². The monoisotopic (exact) mass is 305 g/mol. The lowest BCUT2D eigenvalue weighted by molar-refractivity contribution is 0.0735. The molecule has 3 aromatic carbocycles. The third-order valence-electron chi connectivity index (χ3n) is 3.50. The Balaban J connectivity index is 1.64. The molecule has 22 heavy (non-hydrogen) atoms. The molecule has 106 valence electrons. The van der Waals surface area contributed by atoms with Gasteiger partial charge in [0, 0.05) is 0 Å². The van der Waals surface area contributed by atoms with Gasteiger partial charge in [0.05, 0.1) is 21.3 Å². The van der Waals surface area contributed by atoms with E-state index >= 15 is 0 Å². The van der Waals surface area contributed by atoms with Crippen LogP contribution in [-0.2, 0) is 0 Å². The molecule has 0 aliphatic heterocycles. The minimum Gasteiger partial charge on any atom is -0.423 e. The van der Waals surface area contributed by atoms with Crippen molar-refractivity contribution in [2.24, 2.45) is 0 Å². The topological polar surface area (TPSA) is 39.2 Å². The molecular formula is C18H11NO2S. The Hall–Kier alpha value is -2.72. The molecule has 4 rings (SSSR count). The molecule has 0 bridgehead atoms. The van der Waals surface area contributed by atoms with Gasteiger partial charge in [-0.25, -0.2) is 9.78 Å². The van der Waals surface area contributed by atoms with Crippen molar-refractivity contribution >= 4 is 38.3 Å². The first-order valence-corrected chi connectivity index (χ1v) is 7.72. The van der Waals surface area contributed by atoms with Crippen molar-refractivity contribution in [2.75, 3.05) is 0 Å². The van der Waals surface area contributed by atoms with Gasteiger partial charge >= 0.3 is 5.97 Å². The van der Waals surface area contributed by atoms with Gasteiger partial charge in [-0.1, -0.05) is 30.3 Å². The van der Waals surface area contributed by atoms with Crippen LogP contribution >= 0.6 is 11.3 Å². The Bertz CT molecular complexity index is 990. The maximum Gasteiger partial charge on any atom is 0.343 e. The molecule has 3 nitrogen and oxygen atoms in total. The fourth-order valence-corrected chi connectivity index (χ4v) is 3.10. The summed E-state index contributed by atoms with van der Waals surface area (Å²) in [6.45, 7) is 0. The molecule has 1 heterocycles. The summed E-state index contributed by atoms with van der Waals surface area (Å²) in [6.07, 6.45) is 0. The van der Waals surface area contributed by atoms with E-state index in [2.05, 4.69) is 4.98 Å². The van der Waals surface area contributed by atoms with E-state index in [-0.39, 0.29) is 5.97 Å². The molecule has 0 fully saturated rings. The number of rotatable bonds is 2. The highest BCUT2D eigenvalue weighted by molar-refractivity contribution is 7.16. The van der Waals surface area contributed by atoms with Gasteiger partial charge in [0.1, 0.15) is 5.75 Å². The van der Waals surface area contributed by atoms with Gasteiger partial charge in [-0.2, -0.15) is 0 Å². The molecule has 0 saturated heterocycles. The second kappa shape index (κ2) is 5.24. The predicted octanol–water partition coefficient (Wildman–Crippen LogP) is 4.67. The van der Waals surface area contributed by atoms with Gasteiger partial charge in [0.15, 0.2) is 0 Å². The van der Waals surface area contributed by atoms with E-state index in [0.29, 0.717) is 11.3 Å². The third-order valence-corrected chi connectivity index (χ3v) is 4.29. The fraction of sp³-hybridized carbons (Fsp3) is 0. The number of nitrogens with zero attached hydrogens (tertiary/aromatic N) is 1. The average Bonchev–Trinajstić information content (AvgIpc) is 3.02.